The molecule has 0 aliphatic rings. The van der Waals surface area contributed by atoms with Crippen LogP contribution in [-0.2, 0) is 16.1 Å². The van der Waals surface area contributed by atoms with Crippen LogP contribution in [0.2, 0.25) is 0 Å². The van der Waals surface area contributed by atoms with Crippen LogP contribution in [0.15, 0.2) is 66.7 Å². The van der Waals surface area contributed by atoms with E-state index in [9.17, 15) is 14.7 Å². The highest BCUT2D eigenvalue weighted by Gasteiger charge is 2.35. The number of aromatic nitrogens is 3. The van der Waals surface area contributed by atoms with Crippen LogP contribution in [0.1, 0.15) is 38.8 Å². The van der Waals surface area contributed by atoms with Gasteiger partial charge in [0.1, 0.15) is 23.9 Å². The number of rotatable bonds is 10. The molecule has 0 radical (unpaired) electrons. The van der Waals surface area contributed by atoms with Crippen molar-refractivity contribution in [3.63, 3.8) is 0 Å². The number of carbonyl (C=O) groups excluding carboxylic acids is 2. The first-order chi connectivity index (χ1) is 18.7. The Bertz CT molecular complexity index is 1460. The van der Waals surface area contributed by atoms with Gasteiger partial charge in [0.15, 0.2) is 11.5 Å². The largest absolute Gasteiger partial charge is 0.508 e. The number of hydrogen-bond acceptors (Lipinski definition) is 7. The maximum absolute atomic E-state index is 14.2. The lowest BCUT2D eigenvalue weighted by Crippen LogP contribution is -2.51. The molecule has 1 atom stereocenters. The average Bonchev–Trinajstić information content (AvgIpc) is 3.34. The van der Waals surface area contributed by atoms with Gasteiger partial charge in [0, 0.05) is 17.3 Å². The van der Waals surface area contributed by atoms with E-state index < -0.39 is 17.5 Å². The maximum atomic E-state index is 14.2. The lowest BCUT2D eigenvalue weighted by molar-refractivity contribution is -0.128. The summed E-state index contributed by atoms with van der Waals surface area (Å²) in [6.45, 7) is 5.64. The number of anilines is 1. The van der Waals surface area contributed by atoms with E-state index in [0.29, 0.717) is 40.2 Å². The lowest BCUT2D eigenvalue weighted by Gasteiger charge is -2.35. The predicted molar refractivity (Wildman–Crippen MR) is 148 cm³/mol. The lowest BCUT2D eigenvalue weighted by atomic mass is 9.98. The summed E-state index contributed by atoms with van der Waals surface area (Å²) in [6, 6.07) is 17.5. The second kappa shape index (κ2) is 11.4. The number of carbonyl (C=O) groups is 2. The van der Waals surface area contributed by atoms with Gasteiger partial charge in [-0.05, 0) is 62.2 Å². The van der Waals surface area contributed by atoms with Gasteiger partial charge in [-0.25, -0.2) is 4.68 Å². The number of phenols is 1. The summed E-state index contributed by atoms with van der Waals surface area (Å²) in [6.07, 6.45) is 0.677. The highest BCUT2D eigenvalue weighted by Crippen LogP contribution is 2.36. The number of nitrogens with one attached hydrogen (secondary N) is 1. The Morgan fingerprint density at radius 1 is 1.03 bits per heavy atom. The van der Waals surface area contributed by atoms with Crippen molar-refractivity contribution in [1.82, 2.24) is 20.3 Å². The second-order valence-corrected chi connectivity index (χ2v) is 9.76. The molecule has 2 amide bonds. The van der Waals surface area contributed by atoms with Crippen LogP contribution in [0.5, 0.6) is 17.2 Å². The Hall–Kier alpha value is -4.60. The van der Waals surface area contributed by atoms with E-state index >= 15 is 0 Å². The summed E-state index contributed by atoms with van der Waals surface area (Å²) >= 11 is 0. The van der Waals surface area contributed by atoms with E-state index in [4.69, 9.17) is 9.47 Å². The Balaban J connectivity index is 1.86. The summed E-state index contributed by atoms with van der Waals surface area (Å²) in [7, 11) is 3.03. The van der Waals surface area contributed by atoms with Crippen molar-refractivity contribution in [3.05, 3.63) is 72.3 Å². The van der Waals surface area contributed by atoms with Crippen molar-refractivity contribution in [3.8, 4) is 17.2 Å². The van der Waals surface area contributed by atoms with Crippen molar-refractivity contribution in [2.24, 2.45) is 0 Å². The highest BCUT2D eigenvalue weighted by molar-refractivity contribution is 6.02. The van der Waals surface area contributed by atoms with E-state index in [-0.39, 0.29) is 18.2 Å². The number of phenolic OH excluding ortho intramolecular Hbond substituents is 1. The quantitative estimate of drug-likeness (QED) is 0.314. The fourth-order valence-electron chi connectivity index (χ4n) is 4.21. The first-order valence-electron chi connectivity index (χ1n) is 12.6. The van der Waals surface area contributed by atoms with Gasteiger partial charge in [-0.1, -0.05) is 36.4 Å². The summed E-state index contributed by atoms with van der Waals surface area (Å²) in [5, 5.41) is 21.3. The summed E-state index contributed by atoms with van der Waals surface area (Å²) in [5.74, 6) is 0.149. The molecule has 3 aromatic carbocycles. The molecule has 0 fully saturated rings. The topological polar surface area (TPSA) is 119 Å². The minimum atomic E-state index is -1.07. The van der Waals surface area contributed by atoms with Gasteiger partial charge in [-0.2, -0.15) is 0 Å². The number of ether oxygens (including phenoxy) is 2. The summed E-state index contributed by atoms with van der Waals surface area (Å²) in [4.78, 5) is 29.5. The Kier molecular flexibility index (Phi) is 8.04. The molecule has 1 heterocycles. The third kappa shape index (κ3) is 5.95. The molecule has 0 aliphatic heterocycles. The third-order valence-electron chi connectivity index (χ3n) is 6.68. The molecule has 4 aromatic rings. The van der Waals surface area contributed by atoms with E-state index in [1.54, 1.807) is 30.3 Å². The van der Waals surface area contributed by atoms with Crippen LogP contribution in [-0.4, -0.2) is 51.7 Å². The molecule has 0 bridgehead atoms. The highest BCUT2D eigenvalue weighted by atomic mass is 16.5. The van der Waals surface area contributed by atoms with Crippen LogP contribution >= 0.6 is 0 Å². The Labute approximate surface area is 227 Å². The fourth-order valence-corrected chi connectivity index (χ4v) is 4.21. The minimum Gasteiger partial charge on any atom is -0.508 e. The number of hydrogen-bond donors (Lipinski definition) is 2. The van der Waals surface area contributed by atoms with Crippen LogP contribution in [0.25, 0.3) is 11.0 Å². The van der Waals surface area contributed by atoms with Crippen molar-refractivity contribution in [2.45, 2.75) is 45.3 Å². The second-order valence-electron chi connectivity index (χ2n) is 9.76. The zero-order chi connectivity index (χ0) is 28.2. The monoisotopic (exact) mass is 531 g/mol. The predicted octanol–water partition coefficient (Wildman–Crippen LogP) is 4.23. The first-order valence-corrected chi connectivity index (χ1v) is 12.6. The molecule has 2 N–H and O–H groups in total. The summed E-state index contributed by atoms with van der Waals surface area (Å²) < 4.78 is 12.4. The number of para-hydroxylation sites is 1. The van der Waals surface area contributed by atoms with Crippen LogP contribution in [0.4, 0.5) is 5.69 Å². The molecular weight excluding hydrogens is 498 g/mol. The van der Waals surface area contributed by atoms with Gasteiger partial charge in [0.25, 0.3) is 0 Å². The van der Waals surface area contributed by atoms with Gasteiger partial charge in [-0.15, -0.1) is 5.10 Å². The van der Waals surface area contributed by atoms with E-state index in [1.165, 1.54) is 35.9 Å². The van der Waals surface area contributed by atoms with Gasteiger partial charge in [0.05, 0.1) is 19.7 Å². The third-order valence-corrected chi connectivity index (χ3v) is 6.68. The average molecular weight is 532 g/mol. The standard InChI is InChI=1S/C29H33N5O5/c1-6-29(2,3)30-28(37)27(19-11-14-21(35)15-12-19)34(20-13-16-24(38-4)25(17-20)39-5)26(36)18-33-23-10-8-7-9-22(23)31-32-33/h7-17,27,35H,6,18H2,1-5H3,(H,30,37)/t27-/m0/s1. The molecular formula is C29H33N5O5. The molecule has 0 saturated heterocycles. The van der Waals surface area contributed by atoms with Gasteiger partial charge in [0.2, 0.25) is 11.8 Å². The molecule has 0 saturated carbocycles. The molecule has 1 aromatic heterocycles. The number of methoxy groups -OCH3 is 2. The van der Waals surface area contributed by atoms with Crippen molar-refractivity contribution in [2.75, 3.05) is 19.1 Å². The van der Waals surface area contributed by atoms with Gasteiger partial charge < -0.3 is 19.9 Å². The zero-order valence-corrected chi connectivity index (χ0v) is 22.7. The van der Waals surface area contributed by atoms with Crippen molar-refractivity contribution in [1.29, 1.82) is 0 Å². The maximum Gasteiger partial charge on any atom is 0.249 e. The Morgan fingerprint density at radius 2 is 1.72 bits per heavy atom. The molecule has 0 spiro atoms. The van der Waals surface area contributed by atoms with Gasteiger partial charge >= 0.3 is 0 Å². The Morgan fingerprint density at radius 3 is 2.38 bits per heavy atom. The number of aromatic hydroxyl groups is 1. The smallest absolute Gasteiger partial charge is 0.249 e. The molecule has 39 heavy (non-hydrogen) atoms. The van der Waals surface area contributed by atoms with E-state index in [2.05, 4.69) is 15.6 Å². The molecule has 0 aliphatic carbocycles. The molecule has 4 rings (SSSR count). The minimum absolute atomic E-state index is 0.0462. The first kappa shape index (κ1) is 27.4. The number of benzene rings is 3. The fraction of sp³-hybridized carbons (Fsp3) is 0.310. The normalized spacial score (nSPS) is 12.1. The zero-order valence-electron chi connectivity index (χ0n) is 22.7. The van der Waals surface area contributed by atoms with Crippen LogP contribution < -0.4 is 19.7 Å². The van der Waals surface area contributed by atoms with E-state index in [0.717, 1.165) is 0 Å². The molecule has 0 unspecified atom stereocenters. The van der Waals surface area contributed by atoms with Gasteiger partial charge in [-0.3, -0.25) is 14.5 Å². The van der Waals surface area contributed by atoms with Crippen molar-refractivity contribution < 1.29 is 24.2 Å². The molecule has 10 nitrogen and oxygen atoms in total. The SMILES string of the molecule is CCC(C)(C)NC(=O)[C@H](c1ccc(O)cc1)N(C(=O)Cn1nnc2ccccc21)c1ccc(OC)c(OC)c1. The molecule has 204 valence electrons. The molecule has 10 heteroatoms. The number of fused-ring (bicyclic) bond motifs is 1. The number of nitrogens with zero attached hydrogens (tertiary/aromatic N) is 4. The summed E-state index contributed by atoms with van der Waals surface area (Å²) in [5.41, 5.74) is 1.76. The van der Waals surface area contributed by atoms with Crippen molar-refractivity contribution >= 4 is 28.5 Å². The van der Waals surface area contributed by atoms with Crippen LogP contribution in [0, 0.1) is 0 Å². The number of amides is 2. The van der Waals surface area contributed by atoms with E-state index in [1.807, 2.05) is 45.0 Å². The van der Waals surface area contributed by atoms with Crippen LogP contribution in [0.3, 0.4) is 0 Å².